The van der Waals surface area contributed by atoms with Crippen molar-refractivity contribution in [1.29, 1.82) is 0 Å². The van der Waals surface area contributed by atoms with Crippen molar-refractivity contribution in [3.8, 4) is 56.1 Å². The molecular weight excluding hydrogens is 598 g/mol. The first-order valence-electron chi connectivity index (χ1n) is 14.9. The van der Waals surface area contributed by atoms with Crippen molar-refractivity contribution < 1.29 is 23.7 Å². The van der Waals surface area contributed by atoms with Crippen LogP contribution in [0.25, 0.3) is 43.3 Å². The van der Waals surface area contributed by atoms with Gasteiger partial charge >= 0.3 is 0 Å². The van der Waals surface area contributed by atoms with Crippen LogP contribution in [0.1, 0.15) is 28.4 Å². The monoisotopic (exact) mass is 633 g/mol. The number of hydrogen-bond acceptors (Lipinski definition) is 8. The fourth-order valence-electron chi connectivity index (χ4n) is 5.29. The van der Waals surface area contributed by atoms with Gasteiger partial charge in [-0.15, -0.1) is 11.3 Å². The van der Waals surface area contributed by atoms with E-state index in [0.717, 1.165) is 60.1 Å². The Bertz CT molecular complexity index is 2030. The molecule has 8 nitrogen and oxygen atoms in total. The molecule has 0 atom stereocenters. The van der Waals surface area contributed by atoms with Crippen LogP contribution in [0.3, 0.4) is 0 Å². The van der Waals surface area contributed by atoms with Crippen LogP contribution in [-0.4, -0.2) is 48.1 Å². The molecule has 0 bridgehead atoms. The topological polar surface area (TPSA) is 84.7 Å². The number of carbonyl (C=O) groups excluding carboxylic acids is 1. The predicted molar refractivity (Wildman–Crippen MR) is 183 cm³/mol. The zero-order chi connectivity index (χ0) is 32.4. The van der Waals surface area contributed by atoms with Gasteiger partial charge in [0.05, 0.1) is 35.8 Å². The zero-order valence-corrected chi connectivity index (χ0v) is 27.5. The van der Waals surface area contributed by atoms with Crippen LogP contribution in [0.15, 0.2) is 78.9 Å². The summed E-state index contributed by atoms with van der Waals surface area (Å²) in [6.07, 6.45) is 0. The Balaban J connectivity index is 1.20. The minimum atomic E-state index is -0.202. The van der Waals surface area contributed by atoms with E-state index in [1.165, 1.54) is 11.6 Å². The maximum absolute atomic E-state index is 12.7. The van der Waals surface area contributed by atoms with Crippen LogP contribution in [-0.2, 0) is 0 Å². The summed E-state index contributed by atoms with van der Waals surface area (Å²) in [6, 6.07) is 25.7. The molecule has 0 spiro atoms. The molecule has 0 amide bonds. The number of benzene rings is 4. The molecule has 2 heterocycles. The lowest BCUT2D eigenvalue weighted by atomic mass is 10.0. The average Bonchev–Trinajstić information content (AvgIpc) is 3.71. The van der Waals surface area contributed by atoms with E-state index in [2.05, 4.69) is 17.2 Å². The molecule has 0 aliphatic carbocycles. The van der Waals surface area contributed by atoms with Crippen LogP contribution in [0.4, 0.5) is 0 Å². The third-order valence-corrected chi connectivity index (χ3v) is 9.02. The first-order valence-corrected chi connectivity index (χ1v) is 15.7. The van der Waals surface area contributed by atoms with Crippen LogP contribution >= 0.6 is 11.3 Å². The second-order valence-corrected chi connectivity index (χ2v) is 12.0. The maximum atomic E-state index is 12.7. The standard InChI is InChI=1S/C37H35N3O5S/c1-22-11-12-27(37-38-29-9-7-8-10-36(29)46-37)19-33(22)44-15-16-45-35-18-26(13-14-32(35)42-5)31-21-30(39-40(31)25(4)41)28-17-23(2)24(3)34(20-28)43-6/h7-14,17-21H,15-16H2,1-6H3. The van der Waals surface area contributed by atoms with E-state index in [1.54, 1.807) is 25.6 Å². The number of methoxy groups -OCH3 is 2. The summed E-state index contributed by atoms with van der Waals surface area (Å²) in [7, 11) is 3.25. The lowest BCUT2D eigenvalue weighted by Crippen LogP contribution is -2.11. The van der Waals surface area contributed by atoms with E-state index in [9.17, 15) is 4.79 Å². The van der Waals surface area contributed by atoms with Gasteiger partial charge in [-0.25, -0.2) is 4.98 Å². The van der Waals surface area contributed by atoms with Gasteiger partial charge in [0.15, 0.2) is 11.5 Å². The van der Waals surface area contributed by atoms with Gasteiger partial charge in [-0.1, -0.05) is 24.3 Å². The summed E-state index contributed by atoms with van der Waals surface area (Å²) in [5, 5.41) is 5.60. The molecule has 0 fully saturated rings. The molecule has 4 aromatic carbocycles. The Morgan fingerprint density at radius 2 is 1.43 bits per heavy atom. The van der Waals surface area contributed by atoms with Gasteiger partial charge < -0.3 is 18.9 Å². The van der Waals surface area contributed by atoms with Gasteiger partial charge in [-0.3, -0.25) is 4.79 Å². The van der Waals surface area contributed by atoms with E-state index >= 15 is 0 Å². The zero-order valence-electron chi connectivity index (χ0n) is 26.7. The number of aromatic nitrogens is 3. The lowest BCUT2D eigenvalue weighted by molar-refractivity contribution is 0.0923. The number of para-hydroxylation sites is 1. The van der Waals surface area contributed by atoms with Crippen molar-refractivity contribution in [3.05, 3.63) is 95.6 Å². The molecular formula is C37H35N3O5S. The molecule has 234 valence electrons. The third kappa shape index (κ3) is 6.19. The van der Waals surface area contributed by atoms with Gasteiger partial charge in [0, 0.05) is 23.6 Å². The van der Waals surface area contributed by atoms with Crippen molar-refractivity contribution in [1.82, 2.24) is 14.8 Å². The molecule has 6 aromatic rings. The Labute approximate surface area is 272 Å². The minimum absolute atomic E-state index is 0.202. The molecule has 0 aliphatic rings. The highest BCUT2D eigenvalue weighted by molar-refractivity contribution is 7.21. The largest absolute Gasteiger partial charge is 0.496 e. The van der Waals surface area contributed by atoms with Crippen LogP contribution in [0.2, 0.25) is 0 Å². The number of fused-ring (bicyclic) bond motifs is 1. The first kappa shape index (κ1) is 30.9. The van der Waals surface area contributed by atoms with E-state index < -0.39 is 0 Å². The van der Waals surface area contributed by atoms with Crippen molar-refractivity contribution in [2.75, 3.05) is 27.4 Å². The molecule has 0 unspecified atom stereocenters. The Kier molecular flexibility index (Phi) is 8.76. The highest BCUT2D eigenvalue weighted by Gasteiger charge is 2.18. The molecule has 2 aromatic heterocycles. The number of thiazole rings is 1. The number of hydrogen-bond donors (Lipinski definition) is 0. The van der Waals surface area contributed by atoms with E-state index in [1.807, 2.05) is 87.5 Å². The van der Waals surface area contributed by atoms with Crippen LogP contribution in [0, 0.1) is 20.8 Å². The van der Waals surface area contributed by atoms with Gasteiger partial charge in [0.1, 0.15) is 29.7 Å². The van der Waals surface area contributed by atoms with E-state index in [0.29, 0.717) is 29.5 Å². The van der Waals surface area contributed by atoms with Crippen LogP contribution in [0.5, 0.6) is 23.0 Å². The number of carbonyl (C=O) groups is 1. The fourth-order valence-corrected chi connectivity index (χ4v) is 6.25. The number of aryl methyl sites for hydroxylation is 2. The van der Waals surface area contributed by atoms with E-state index in [4.69, 9.17) is 23.9 Å². The van der Waals surface area contributed by atoms with Crippen molar-refractivity contribution in [2.45, 2.75) is 27.7 Å². The number of nitrogens with zero attached hydrogens (tertiary/aromatic N) is 3. The van der Waals surface area contributed by atoms with Gasteiger partial charge in [0.25, 0.3) is 0 Å². The molecule has 0 aliphatic heterocycles. The molecule has 9 heteroatoms. The van der Waals surface area contributed by atoms with Gasteiger partial charge in [-0.05, 0) is 92.1 Å². The summed E-state index contributed by atoms with van der Waals surface area (Å²) in [6.45, 7) is 8.16. The fraction of sp³-hybridized carbons (Fsp3) is 0.216. The highest BCUT2D eigenvalue weighted by Crippen LogP contribution is 2.36. The summed E-state index contributed by atoms with van der Waals surface area (Å²) < 4.78 is 26.1. The van der Waals surface area contributed by atoms with Crippen molar-refractivity contribution >= 4 is 27.5 Å². The minimum Gasteiger partial charge on any atom is -0.496 e. The quantitative estimate of drug-likeness (QED) is 0.140. The predicted octanol–water partition coefficient (Wildman–Crippen LogP) is 8.55. The Morgan fingerprint density at radius 1 is 0.739 bits per heavy atom. The Hall–Kier alpha value is -5.15. The molecule has 6 rings (SSSR count). The summed E-state index contributed by atoms with van der Waals surface area (Å²) >= 11 is 1.66. The van der Waals surface area contributed by atoms with Crippen LogP contribution < -0.4 is 18.9 Å². The van der Waals surface area contributed by atoms with Crippen molar-refractivity contribution in [2.24, 2.45) is 0 Å². The smallest absolute Gasteiger partial charge is 0.244 e. The lowest BCUT2D eigenvalue weighted by Gasteiger charge is -2.14. The number of ether oxygens (including phenoxy) is 4. The normalized spacial score (nSPS) is 11.1. The Morgan fingerprint density at radius 3 is 2.17 bits per heavy atom. The summed E-state index contributed by atoms with van der Waals surface area (Å²) in [5.74, 6) is 2.46. The van der Waals surface area contributed by atoms with Crippen molar-refractivity contribution in [3.63, 3.8) is 0 Å². The molecule has 0 saturated carbocycles. The average molecular weight is 634 g/mol. The first-order chi connectivity index (χ1) is 22.2. The highest BCUT2D eigenvalue weighted by atomic mass is 32.1. The molecule has 0 radical (unpaired) electrons. The number of rotatable bonds is 10. The molecule has 0 saturated heterocycles. The summed E-state index contributed by atoms with van der Waals surface area (Å²) in [4.78, 5) is 17.5. The molecule has 0 N–H and O–H groups in total. The summed E-state index contributed by atoms with van der Waals surface area (Å²) in [5.41, 5.74) is 8.11. The second kappa shape index (κ2) is 13.1. The van der Waals surface area contributed by atoms with Gasteiger partial charge in [-0.2, -0.15) is 9.78 Å². The maximum Gasteiger partial charge on any atom is 0.244 e. The SMILES string of the molecule is COc1ccc(-c2cc(-c3cc(C)c(C)c(OC)c3)nn2C(C)=O)cc1OCCOc1cc(-c2nc3ccccc3s2)ccc1C. The van der Waals surface area contributed by atoms with E-state index in [-0.39, 0.29) is 12.5 Å². The molecule has 46 heavy (non-hydrogen) atoms. The third-order valence-electron chi connectivity index (χ3n) is 7.93. The second-order valence-electron chi connectivity index (χ2n) is 11.0. The van der Waals surface area contributed by atoms with Gasteiger partial charge in [0.2, 0.25) is 5.91 Å².